The van der Waals surface area contributed by atoms with E-state index < -0.39 is 0 Å². The van der Waals surface area contributed by atoms with E-state index in [9.17, 15) is 0 Å². The average molecular weight is 277 g/mol. The van der Waals surface area contributed by atoms with Gasteiger partial charge in [-0.05, 0) is 52.9 Å². The molecule has 1 aromatic rings. The second-order valence-electron chi connectivity index (χ2n) is 6.60. The van der Waals surface area contributed by atoms with Crippen molar-refractivity contribution in [2.24, 2.45) is 5.92 Å². The van der Waals surface area contributed by atoms with E-state index in [1.807, 2.05) is 0 Å². The summed E-state index contributed by atoms with van der Waals surface area (Å²) in [6, 6.07) is 1.09. The molecule has 1 aliphatic carbocycles. The Morgan fingerprint density at radius 2 is 2.00 bits per heavy atom. The van der Waals surface area contributed by atoms with Crippen LogP contribution in [0.4, 0.5) is 0 Å². The minimum Gasteiger partial charge on any atom is -0.307 e. The summed E-state index contributed by atoms with van der Waals surface area (Å²) in [5.41, 5.74) is 3.92. The van der Waals surface area contributed by atoms with Crippen LogP contribution in [0.5, 0.6) is 0 Å². The van der Waals surface area contributed by atoms with Gasteiger partial charge in [0.25, 0.3) is 0 Å². The quantitative estimate of drug-likeness (QED) is 0.838. The zero-order valence-electron chi connectivity index (χ0n) is 13.9. The molecule has 3 nitrogen and oxygen atoms in total. The van der Waals surface area contributed by atoms with Crippen LogP contribution in [0.1, 0.15) is 75.9 Å². The van der Waals surface area contributed by atoms with Gasteiger partial charge in [-0.3, -0.25) is 4.68 Å². The molecule has 20 heavy (non-hydrogen) atoms. The molecule has 0 bridgehead atoms. The third kappa shape index (κ3) is 3.43. The first-order chi connectivity index (χ1) is 9.52. The maximum atomic E-state index is 4.65. The van der Waals surface area contributed by atoms with Crippen LogP contribution in [0.3, 0.4) is 0 Å². The van der Waals surface area contributed by atoms with Gasteiger partial charge in [-0.1, -0.05) is 19.8 Å². The Morgan fingerprint density at radius 3 is 2.65 bits per heavy atom. The molecule has 3 heteroatoms. The van der Waals surface area contributed by atoms with Crippen molar-refractivity contribution in [2.75, 3.05) is 0 Å². The van der Waals surface area contributed by atoms with Crippen LogP contribution < -0.4 is 5.32 Å². The fraction of sp³-hybridized carbons (Fsp3) is 0.824. The van der Waals surface area contributed by atoms with Crippen molar-refractivity contribution in [1.82, 2.24) is 15.1 Å². The molecule has 0 radical (unpaired) electrons. The van der Waals surface area contributed by atoms with E-state index in [1.165, 1.54) is 49.1 Å². The molecule has 0 aliphatic heterocycles. The number of nitrogens with one attached hydrogen (secondary N) is 1. The van der Waals surface area contributed by atoms with Gasteiger partial charge in [0.2, 0.25) is 0 Å². The van der Waals surface area contributed by atoms with Crippen LogP contribution in [-0.2, 0) is 6.54 Å². The lowest BCUT2D eigenvalue weighted by molar-refractivity contribution is 0.406. The van der Waals surface area contributed by atoms with E-state index in [0.29, 0.717) is 12.1 Å². The van der Waals surface area contributed by atoms with E-state index in [2.05, 4.69) is 49.7 Å². The highest BCUT2D eigenvalue weighted by molar-refractivity contribution is 5.27. The molecule has 3 atom stereocenters. The number of hydrogen-bond donors (Lipinski definition) is 1. The maximum Gasteiger partial charge on any atom is 0.0644 e. The molecule has 1 aliphatic rings. The van der Waals surface area contributed by atoms with Gasteiger partial charge in [0.15, 0.2) is 0 Å². The lowest BCUT2D eigenvalue weighted by atomic mass is 10.0. The predicted octanol–water partition coefficient (Wildman–Crippen LogP) is 4.14. The summed E-state index contributed by atoms with van der Waals surface area (Å²) < 4.78 is 2.12. The standard InChI is InChI=1S/C17H31N3/c1-6-20-15(5)17(14(4)19-20)13(3)18-16-9-7-8-12(2)10-11-16/h12-13,16,18H,6-11H2,1-5H3. The molecular weight excluding hydrogens is 246 g/mol. The Morgan fingerprint density at radius 1 is 1.25 bits per heavy atom. The van der Waals surface area contributed by atoms with E-state index >= 15 is 0 Å². The van der Waals surface area contributed by atoms with E-state index in [0.717, 1.165) is 12.5 Å². The Labute approximate surface area is 124 Å². The fourth-order valence-electron chi connectivity index (χ4n) is 3.74. The lowest BCUT2D eigenvalue weighted by Crippen LogP contribution is -2.31. The summed E-state index contributed by atoms with van der Waals surface area (Å²) in [5.74, 6) is 0.906. The highest BCUT2D eigenvalue weighted by Gasteiger charge is 2.22. The second-order valence-corrected chi connectivity index (χ2v) is 6.60. The molecule has 1 aromatic heterocycles. The van der Waals surface area contributed by atoms with Crippen LogP contribution in [0.15, 0.2) is 0 Å². The number of aryl methyl sites for hydroxylation is 2. The van der Waals surface area contributed by atoms with E-state index in [4.69, 9.17) is 0 Å². The molecular formula is C17H31N3. The number of rotatable bonds is 4. The second kappa shape index (κ2) is 6.75. The van der Waals surface area contributed by atoms with Crippen molar-refractivity contribution < 1.29 is 0 Å². The minimum atomic E-state index is 0.411. The van der Waals surface area contributed by atoms with Gasteiger partial charge in [-0.25, -0.2) is 0 Å². The highest BCUT2D eigenvalue weighted by atomic mass is 15.3. The van der Waals surface area contributed by atoms with Gasteiger partial charge < -0.3 is 5.32 Å². The zero-order chi connectivity index (χ0) is 14.7. The van der Waals surface area contributed by atoms with Crippen molar-refractivity contribution >= 4 is 0 Å². The summed E-state index contributed by atoms with van der Waals surface area (Å²) in [6.45, 7) is 12.2. The third-order valence-electron chi connectivity index (χ3n) is 4.91. The van der Waals surface area contributed by atoms with Gasteiger partial charge in [0, 0.05) is 29.9 Å². The van der Waals surface area contributed by atoms with Crippen molar-refractivity contribution in [2.45, 2.75) is 85.4 Å². The van der Waals surface area contributed by atoms with Crippen molar-refractivity contribution in [3.63, 3.8) is 0 Å². The lowest BCUT2D eigenvalue weighted by Gasteiger charge is -2.23. The van der Waals surface area contributed by atoms with Crippen LogP contribution in [0, 0.1) is 19.8 Å². The van der Waals surface area contributed by atoms with Crippen molar-refractivity contribution in [1.29, 1.82) is 0 Å². The average Bonchev–Trinajstić information content (AvgIpc) is 2.56. The first kappa shape index (κ1) is 15.6. The molecule has 114 valence electrons. The molecule has 1 fully saturated rings. The normalized spacial score (nSPS) is 25.4. The molecule has 0 amide bonds. The number of aromatic nitrogens is 2. The molecule has 2 rings (SSSR count). The zero-order valence-corrected chi connectivity index (χ0v) is 13.9. The molecule has 0 spiro atoms. The van der Waals surface area contributed by atoms with Gasteiger partial charge in [-0.2, -0.15) is 5.10 Å². The van der Waals surface area contributed by atoms with Gasteiger partial charge in [0.05, 0.1) is 5.69 Å². The molecule has 1 N–H and O–H groups in total. The SMILES string of the molecule is CCn1nc(C)c(C(C)NC2CCCC(C)CC2)c1C. The summed E-state index contributed by atoms with van der Waals surface area (Å²) >= 11 is 0. The Hall–Kier alpha value is -0.830. The van der Waals surface area contributed by atoms with E-state index in [-0.39, 0.29) is 0 Å². The highest BCUT2D eigenvalue weighted by Crippen LogP contribution is 2.26. The van der Waals surface area contributed by atoms with Crippen molar-refractivity contribution in [3.05, 3.63) is 17.0 Å². The minimum absolute atomic E-state index is 0.411. The van der Waals surface area contributed by atoms with Crippen LogP contribution in [0.2, 0.25) is 0 Å². The van der Waals surface area contributed by atoms with Crippen LogP contribution >= 0.6 is 0 Å². The monoisotopic (exact) mass is 277 g/mol. The van der Waals surface area contributed by atoms with Gasteiger partial charge in [0.1, 0.15) is 0 Å². The number of hydrogen-bond acceptors (Lipinski definition) is 2. The first-order valence-corrected chi connectivity index (χ1v) is 8.32. The Balaban J connectivity index is 2.04. The molecule has 1 heterocycles. The maximum absolute atomic E-state index is 4.65. The number of nitrogens with zero attached hydrogens (tertiary/aromatic N) is 2. The van der Waals surface area contributed by atoms with Crippen LogP contribution in [-0.4, -0.2) is 15.8 Å². The smallest absolute Gasteiger partial charge is 0.0644 e. The summed E-state index contributed by atoms with van der Waals surface area (Å²) in [4.78, 5) is 0. The summed E-state index contributed by atoms with van der Waals surface area (Å²) in [5, 5.41) is 8.51. The molecule has 0 aromatic carbocycles. The summed E-state index contributed by atoms with van der Waals surface area (Å²) in [6.07, 6.45) is 6.80. The van der Waals surface area contributed by atoms with Crippen LogP contribution in [0.25, 0.3) is 0 Å². The third-order valence-corrected chi connectivity index (χ3v) is 4.91. The van der Waals surface area contributed by atoms with Gasteiger partial charge >= 0.3 is 0 Å². The molecule has 3 unspecified atom stereocenters. The summed E-state index contributed by atoms with van der Waals surface area (Å²) in [7, 11) is 0. The predicted molar refractivity (Wildman–Crippen MR) is 85.0 cm³/mol. The molecule has 0 saturated heterocycles. The van der Waals surface area contributed by atoms with Crippen molar-refractivity contribution in [3.8, 4) is 0 Å². The topological polar surface area (TPSA) is 29.9 Å². The Bertz CT molecular complexity index is 436. The largest absolute Gasteiger partial charge is 0.307 e. The van der Waals surface area contributed by atoms with E-state index in [1.54, 1.807) is 0 Å². The van der Waals surface area contributed by atoms with Gasteiger partial charge in [-0.15, -0.1) is 0 Å². The molecule has 1 saturated carbocycles. The Kier molecular flexibility index (Phi) is 5.25. The first-order valence-electron chi connectivity index (χ1n) is 8.32. The fourth-order valence-corrected chi connectivity index (χ4v) is 3.74.